The zero-order valence-corrected chi connectivity index (χ0v) is 13.2. The van der Waals surface area contributed by atoms with Crippen LogP contribution < -0.4 is 4.90 Å². The van der Waals surface area contributed by atoms with E-state index in [2.05, 4.69) is 25.2 Å². The number of fused-ring (bicyclic) bond motifs is 1. The van der Waals surface area contributed by atoms with Gasteiger partial charge in [0.1, 0.15) is 12.0 Å². The molecule has 1 aliphatic rings. The Labute approximate surface area is 136 Å². The lowest BCUT2D eigenvalue weighted by Gasteiger charge is -2.27. The van der Waals surface area contributed by atoms with Gasteiger partial charge in [0.25, 0.3) is 5.82 Å². The minimum atomic E-state index is -0.480. The maximum atomic E-state index is 11.0. The van der Waals surface area contributed by atoms with Gasteiger partial charge in [0, 0.05) is 13.1 Å². The topological polar surface area (TPSA) is 107 Å². The van der Waals surface area contributed by atoms with Crippen LogP contribution in [0.2, 0.25) is 0 Å². The molecule has 1 saturated heterocycles. The number of piperidine rings is 1. The van der Waals surface area contributed by atoms with Gasteiger partial charge >= 0.3 is 5.82 Å². The van der Waals surface area contributed by atoms with E-state index in [1.165, 1.54) is 17.2 Å². The van der Waals surface area contributed by atoms with Crippen LogP contribution in [-0.4, -0.2) is 47.4 Å². The van der Waals surface area contributed by atoms with E-state index in [1.807, 2.05) is 12.1 Å². The Balaban J connectivity index is 1.80. The average Bonchev–Trinajstić information content (AvgIpc) is 3.18. The summed E-state index contributed by atoms with van der Waals surface area (Å²) < 4.78 is 2.97. The van der Waals surface area contributed by atoms with Crippen LogP contribution in [-0.2, 0) is 7.05 Å². The summed E-state index contributed by atoms with van der Waals surface area (Å²) in [6.45, 7) is 1.95. The van der Waals surface area contributed by atoms with Crippen molar-refractivity contribution in [2.75, 3.05) is 18.0 Å². The minimum Gasteiger partial charge on any atom is -0.358 e. The van der Waals surface area contributed by atoms with E-state index >= 15 is 0 Å². The maximum Gasteiger partial charge on any atom is 0.343 e. The van der Waals surface area contributed by atoms with E-state index in [4.69, 9.17) is 0 Å². The van der Waals surface area contributed by atoms with Crippen molar-refractivity contribution in [2.45, 2.75) is 19.3 Å². The van der Waals surface area contributed by atoms with Crippen molar-refractivity contribution in [1.29, 1.82) is 0 Å². The largest absolute Gasteiger partial charge is 0.358 e. The van der Waals surface area contributed by atoms with Crippen LogP contribution in [0.3, 0.4) is 0 Å². The van der Waals surface area contributed by atoms with Crippen LogP contribution in [0, 0.1) is 10.1 Å². The number of nitrogens with zero attached hydrogens (tertiary/aromatic N) is 8. The summed E-state index contributed by atoms with van der Waals surface area (Å²) >= 11 is 0. The molecule has 0 bridgehead atoms. The Bertz CT molecular complexity index is 909. The number of anilines is 1. The quantitative estimate of drug-likeness (QED) is 0.528. The van der Waals surface area contributed by atoms with E-state index in [0.717, 1.165) is 31.7 Å². The summed E-state index contributed by atoms with van der Waals surface area (Å²) in [5, 5.41) is 23.8. The highest BCUT2D eigenvalue weighted by Crippen LogP contribution is 2.23. The maximum absolute atomic E-state index is 11.0. The molecule has 24 heavy (non-hydrogen) atoms. The Morgan fingerprint density at radius 1 is 1.12 bits per heavy atom. The van der Waals surface area contributed by atoms with Crippen molar-refractivity contribution >= 4 is 17.3 Å². The molecule has 0 aromatic carbocycles. The second-order valence-electron chi connectivity index (χ2n) is 5.79. The van der Waals surface area contributed by atoms with Gasteiger partial charge in [-0.25, -0.2) is 9.55 Å². The molecule has 10 nitrogen and oxygen atoms in total. The third kappa shape index (κ3) is 2.27. The first kappa shape index (κ1) is 14.5. The molecular formula is C14H16N8O2. The number of hydrogen-bond donors (Lipinski definition) is 0. The molecule has 0 radical (unpaired) electrons. The molecule has 0 aliphatic carbocycles. The Kier molecular flexibility index (Phi) is 3.36. The highest BCUT2D eigenvalue weighted by Gasteiger charge is 2.23. The standard InChI is InChI=1S/C14H16N8O2/c1-19-12(22(23)24)9-15-13(19)14-17-16-10-5-6-11(18-21(10)14)20-7-3-2-4-8-20/h5-6,9H,2-4,7-8H2,1H3. The number of rotatable bonds is 3. The lowest BCUT2D eigenvalue weighted by atomic mass is 10.1. The average molecular weight is 328 g/mol. The van der Waals surface area contributed by atoms with Gasteiger partial charge in [-0.05, 0) is 36.3 Å². The summed E-state index contributed by atoms with van der Waals surface area (Å²) in [6.07, 6.45) is 4.76. The first-order valence-electron chi connectivity index (χ1n) is 7.79. The molecule has 1 fully saturated rings. The van der Waals surface area contributed by atoms with Crippen molar-refractivity contribution < 1.29 is 4.92 Å². The number of hydrogen-bond acceptors (Lipinski definition) is 7. The number of aromatic nitrogens is 6. The van der Waals surface area contributed by atoms with Crippen LogP contribution in [0.25, 0.3) is 17.3 Å². The van der Waals surface area contributed by atoms with Crippen molar-refractivity contribution in [1.82, 2.24) is 29.4 Å². The van der Waals surface area contributed by atoms with Crippen molar-refractivity contribution in [3.63, 3.8) is 0 Å². The highest BCUT2D eigenvalue weighted by molar-refractivity contribution is 5.55. The molecule has 10 heteroatoms. The van der Waals surface area contributed by atoms with Gasteiger partial charge in [0.15, 0.2) is 5.65 Å². The first-order chi connectivity index (χ1) is 11.6. The molecule has 124 valence electrons. The van der Waals surface area contributed by atoms with Gasteiger partial charge in [-0.2, -0.15) is 4.52 Å². The predicted molar refractivity (Wildman–Crippen MR) is 85.7 cm³/mol. The molecule has 3 aromatic heterocycles. The van der Waals surface area contributed by atoms with Crippen LogP contribution in [0.4, 0.5) is 11.6 Å². The normalized spacial score (nSPS) is 15.1. The fraction of sp³-hybridized carbons (Fsp3) is 0.429. The summed E-state index contributed by atoms with van der Waals surface area (Å²) in [6, 6.07) is 3.78. The third-order valence-corrected chi connectivity index (χ3v) is 4.28. The van der Waals surface area contributed by atoms with E-state index in [0.29, 0.717) is 17.3 Å². The molecule has 0 atom stereocenters. The fourth-order valence-corrected chi connectivity index (χ4v) is 2.99. The van der Waals surface area contributed by atoms with Crippen molar-refractivity contribution in [2.24, 2.45) is 7.05 Å². The van der Waals surface area contributed by atoms with E-state index in [1.54, 1.807) is 11.6 Å². The Morgan fingerprint density at radius 3 is 2.62 bits per heavy atom. The molecule has 4 rings (SSSR count). The van der Waals surface area contributed by atoms with Gasteiger partial charge in [-0.1, -0.05) is 0 Å². The second-order valence-corrected chi connectivity index (χ2v) is 5.79. The first-order valence-corrected chi connectivity index (χ1v) is 7.79. The molecule has 4 heterocycles. The number of imidazole rings is 1. The van der Waals surface area contributed by atoms with Gasteiger partial charge in [0.2, 0.25) is 5.82 Å². The summed E-state index contributed by atoms with van der Waals surface area (Å²) in [7, 11) is 1.58. The molecule has 0 amide bonds. The zero-order chi connectivity index (χ0) is 16.7. The van der Waals surface area contributed by atoms with Gasteiger partial charge < -0.3 is 15.0 Å². The van der Waals surface area contributed by atoms with Crippen LogP contribution >= 0.6 is 0 Å². The molecule has 0 spiro atoms. The fourth-order valence-electron chi connectivity index (χ4n) is 2.99. The van der Waals surface area contributed by atoms with E-state index in [-0.39, 0.29) is 5.82 Å². The third-order valence-electron chi connectivity index (χ3n) is 4.28. The summed E-state index contributed by atoms with van der Waals surface area (Å²) in [4.78, 5) is 16.9. The van der Waals surface area contributed by atoms with E-state index in [9.17, 15) is 10.1 Å². The van der Waals surface area contributed by atoms with Crippen LogP contribution in [0.5, 0.6) is 0 Å². The highest BCUT2D eigenvalue weighted by atomic mass is 16.6. The number of nitro groups is 1. The van der Waals surface area contributed by atoms with Crippen molar-refractivity contribution in [3.8, 4) is 11.6 Å². The molecular weight excluding hydrogens is 312 g/mol. The zero-order valence-electron chi connectivity index (χ0n) is 13.2. The monoisotopic (exact) mass is 328 g/mol. The van der Waals surface area contributed by atoms with Crippen LogP contribution in [0.15, 0.2) is 18.3 Å². The molecule has 0 unspecified atom stereocenters. The smallest absolute Gasteiger partial charge is 0.343 e. The second kappa shape index (κ2) is 5.55. The van der Waals surface area contributed by atoms with Crippen molar-refractivity contribution in [3.05, 3.63) is 28.4 Å². The van der Waals surface area contributed by atoms with E-state index < -0.39 is 4.92 Å². The van der Waals surface area contributed by atoms with Gasteiger partial charge in [-0.15, -0.1) is 15.3 Å². The molecule has 0 saturated carbocycles. The Morgan fingerprint density at radius 2 is 1.92 bits per heavy atom. The van der Waals surface area contributed by atoms with Gasteiger partial charge in [0.05, 0.1) is 7.05 Å². The summed E-state index contributed by atoms with van der Waals surface area (Å²) in [5.41, 5.74) is 0.580. The summed E-state index contributed by atoms with van der Waals surface area (Å²) in [5.74, 6) is 1.50. The SMILES string of the molecule is Cn1c([N+](=O)[O-])cnc1-c1nnc2ccc(N3CCCCC3)nn12. The van der Waals surface area contributed by atoms with Crippen LogP contribution in [0.1, 0.15) is 19.3 Å². The molecule has 0 N–H and O–H groups in total. The lowest BCUT2D eigenvalue weighted by Crippen LogP contribution is -2.30. The Hall–Kier alpha value is -3.04. The minimum absolute atomic E-state index is 0.103. The van der Waals surface area contributed by atoms with Gasteiger partial charge in [-0.3, -0.25) is 0 Å². The lowest BCUT2D eigenvalue weighted by molar-refractivity contribution is -0.391. The molecule has 1 aliphatic heterocycles. The predicted octanol–water partition coefficient (Wildman–Crippen LogP) is 1.42. The molecule has 3 aromatic rings.